The number of fused-ring (bicyclic) bond motifs is 1. The normalized spacial score (nSPS) is 16.5. The Morgan fingerprint density at radius 3 is 2.66 bits per heavy atom. The van der Waals surface area contributed by atoms with Crippen molar-refractivity contribution in [3.05, 3.63) is 41.2 Å². The van der Waals surface area contributed by atoms with Crippen LogP contribution in [-0.2, 0) is 29.5 Å². The number of benzene rings is 1. The van der Waals surface area contributed by atoms with Crippen LogP contribution >= 0.6 is 0 Å². The summed E-state index contributed by atoms with van der Waals surface area (Å²) in [5.74, 6) is 1.82. The molecule has 1 N–H and O–H groups in total. The first-order valence-corrected chi connectivity index (χ1v) is 11.5. The molecule has 0 saturated carbocycles. The van der Waals surface area contributed by atoms with Gasteiger partial charge >= 0.3 is 0 Å². The summed E-state index contributed by atoms with van der Waals surface area (Å²) >= 11 is 0. The fourth-order valence-corrected chi connectivity index (χ4v) is 4.37. The molecule has 29 heavy (non-hydrogen) atoms. The lowest BCUT2D eigenvalue weighted by molar-refractivity contribution is 0.264. The summed E-state index contributed by atoms with van der Waals surface area (Å²) in [4.78, 5) is 2.16. The van der Waals surface area contributed by atoms with Crippen molar-refractivity contribution in [1.82, 2.24) is 24.4 Å². The van der Waals surface area contributed by atoms with E-state index in [2.05, 4.69) is 19.8 Å². The molecular formula is C19H28FN5O3S. The van der Waals surface area contributed by atoms with Gasteiger partial charge in [0.1, 0.15) is 17.4 Å². The second-order valence-corrected chi connectivity index (χ2v) is 9.50. The van der Waals surface area contributed by atoms with Gasteiger partial charge in [0.05, 0.1) is 19.4 Å². The molecule has 0 spiro atoms. The van der Waals surface area contributed by atoms with E-state index >= 15 is 0 Å². The number of aromatic nitrogens is 3. The van der Waals surface area contributed by atoms with Crippen molar-refractivity contribution in [2.75, 3.05) is 26.5 Å². The Morgan fingerprint density at radius 1 is 1.24 bits per heavy atom. The minimum Gasteiger partial charge on any atom is -0.497 e. The third-order valence-corrected chi connectivity index (χ3v) is 5.76. The minimum atomic E-state index is -3.39. The molecule has 0 fully saturated rings. The molecule has 8 nitrogen and oxygen atoms in total. The van der Waals surface area contributed by atoms with E-state index in [1.165, 1.54) is 6.07 Å². The maximum Gasteiger partial charge on any atom is 0.209 e. The molecule has 2 heterocycles. The molecule has 1 aromatic carbocycles. The topological polar surface area (TPSA) is 89.3 Å². The van der Waals surface area contributed by atoms with Gasteiger partial charge in [0.2, 0.25) is 10.0 Å². The van der Waals surface area contributed by atoms with E-state index in [0.29, 0.717) is 49.7 Å². The highest BCUT2D eigenvalue weighted by Crippen LogP contribution is 2.24. The zero-order chi connectivity index (χ0) is 21.2. The van der Waals surface area contributed by atoms with E-state index in [1.54, 1.807) is 19.2 Å². The van der Waals surface area contributed by atoms with E-state index in [4.69, 9.17) is 4.74 Å². The predicted octanol–water partition coefficient (Wildman–Crippen LogP) is 1.73. The fraction of sp³-hybridized carbons (Fsp3) is 0.579. The van der Waals surface area contributed by atoms with Crippen LogP contribution in [0.3, 0.4) is 0 Å². The van der Waals surface area contributed by atoms with Crippen LogP contribution in [0.1, 0.15) is 37.1 Å². The molecule has 160 valence electrons. The van der Waals surface area contributed by atoms with E-state index in [0.717, 1.165) is 12.1 Å². The number of ether oxygens (including phenoxy) is 1. The van der Waals surface area contributed by atoms with Crippen molar-refractivity contribution in [3.63, 3.8) is 0 Å². The standard InChI is InChI=1S/C19H28FN5O3S/c1-13(2)18(23-29(4,26)27)19-22-21-17-7-8-24(9-10-25(17)19)12-14-11-15(28-3)5-6-16(14)20/h5-6,11,13,18,23H,7-10,12H2,1-4H3/t18-/m1/s1. The van der Waals surface area contributed by atoms with E-state index in [1.807, 2.05) is 18.4 Å². The number of sulfonamides is 1. The highest BCUT2D eigenvalue weighted by molar-refractivity contribution is 7.88. The van der Waals surface area contributed by atoms with Gasteiger partial charge in [0, 0.05) is 38.2 Å². The smallest absolute Gasteiger partial charge is 0.209 e. The maximum atomic E-state index is 14.2. The molecule has 1 aliphatic heterocycles. The van der Waals surface area contributed by atoms with E-state index in [-0.39, 0.29) is 11.7 Å². The summed E-state index contributed by atoms with van der Waals surface area (Å²) in [7, 11) is -1.83. The van der Waals surface area contributed by atoms with Gasteiger partial charge in [-0.1, -0.05) is 13.8 Å². The van der Waals surface area contributed by atoms with Crippen LogP contribution in [0.5, 0.6) is 5.75 Å². The lowest BCUT2D eigenvalue weighted by Gasteiger charge is -2.23. The summed E-state index contributed by atoms with van der Waals surface area (Å²) in [6, 6.07) is 4.30. The summed E-state index contributed by atoms with van der Waals surface area (Å²) in [6.45, 7) is 6.35. The summed E-state index contributed by atoms with van der Waals surface area (Å²) in [6.07, 6.45) is 1.80. The van der Waals surface area contributed by atoms with Crippen LogP contribution in [0.15, 0.2) is 18.2 Å². The van der Waals surface area contributed by atoms with Crippen LogP contribution in [-0.4, -0.2) is 54.5 Å². The lowest BCUT2D eigenvalue weighted by Crippen LogP contribution is -2.33. The van der Waals surface area contributed by atoms with Gasteiger partial charge in [-0.25, -0.2) is 17.5 Å². The van der Waals surface area contributed by atoms with Crippen molar-refractivity contribution >= 4 is 10.0 Å². The molecular weight excluding hydrogens is 397 g/mol. The van der Waals surface area contributed by atoms with E-state index < -0.39 is 16.1 Å². The van der Waals surface area contributed by atoms with Gasteiger partial charge in [0.25, 0.3) is 0 Å². The monoisotopic (exact) mass is 425 g/mol. The molecule has 0 radical (unpaired) electrons. The average molecular weight is 426 g/mol. The minimum absolute atomic E-state index is 0.0169. The molecule has 0 saturated heterocycles. The number of nitrogens with one attached hydrogen (secondary N) is 1. The van der Waals surface area contributed by atoms with Crippen LogP contribution in [0, 0.1) is 11.7 Å². The van der Waals surface area contributed by atoms with Crippen molar-refractivity contribution in [1.29, 1.82) is 0 Å². The summed E-state index contributed by atoms with van der Waals surface area (Å²) in [5.41, 5.74) is 0.584. The van der Waals surface area contributed by atoms with Crippen molar-refractivity contribution < 1.29 is 17.5 Å². The molecule has 0 aliphatic carbocycles. The van der Waals surface area contributed by atoms with Gasteiger partial charge in [0.15, 0.2) is 5.82 Å². The Hall–Kier alpha value is -2.04. The molecule has 10 heteroatoms. The number of rotatable bonds is 7. The Bertz CT molecular complexity index is 961. The Kier molecular flexibility index (Phi) is 6.55. The zero-order valence-electron chi connectivity index (χ0n) is 17.2. The Morgan fingerprint density at radius 2 is 2.00 bits per heavy atom. The van der Waals surface area contributed by atoms with Crippen molar-refractivity contribution in [3.8, 4) is 5.75 Å². The molecule has 0 bridgehead atoms. The van der Waals surface area contributed by atoms with Gasteiger partial charge in [-0.05, 0) is 24.1 Å². The van der Waals surface area contributed by atoms with E-state index in [9.17, 15) is 12.8 Å². The summed E-state index contributed by atoms with van der Waals surface area (Å²) in [5, 5.41) is 8.58. The Balaban J connectivity index is 1.77. The average Bonchev–Trinajstić information content (AvgIpc) is 2.94. The summed E-state index contributed by atoms with van der Waals surface area (Å²) < 4.78 is 47.7. The molecule has 3 rings (SSSR count). The predicted molar refractivity (Wildman–Crippen MR) is 108 cm³/mol. The van der Waals surface area contributed by atoms with Crippen molar-refractivity contribution in [2.24, 2.45) is 5.92 Å². The second-order valence-electron chi connectivity index (χ2n) is 7.72. The lowest BCUT2D eigenvalue weighted by atomic mass is 10.1. The van der Waals surface area contributed by atoms with Gasteiger partial charge in [-0.2, -0.15) is 0 Å². The van der Waals surface area contributed by atoms with Crippen LogP contribution in [0.25, 0.3) is 0 Å². The maximum absolute atomic E-state index is 14.2. The molecule has 0 unspecified atom stereocenters. The second kappa shape index (κ2) is 8.76. The fourth-order valence-electron chi connectivity index (χ4n) is 3.53. The first-order chi connectivity index (χ1) is 13.7. The van der Waals surface area contributed by atoms with Crippen molar-refractivity contribution in [2.45, 2.75) is 39.4 Å². The molecule has 1 aliphatic rings. The highest BCUT2D eigenvalue weighted by atomic mass is 32.2. The quantitative estimate of drug-likeness (QED) is 0.727. The third kappa shape index (κ3) is 5.31. The van der Waals surface area contributed by atoms with Gasteiger partial charge in [-0.3, -0.25) is 4.90 Å². The first kappa shape index (κ1) is 21.7. The molecule has 0 amide bonds. The van der Waals surface area contributed by atoms with Gasteiger partial charge < -0.3 is 9.30 Å². The zero-order valence-corrected chi connectivity index (χ0v) is 18.0. The van der Waals surface area contributed by atoms with Crippen LogP contribution < -0.4 is 9.46 Å². The molecule has 1 atom stereocenters. The number of hydrogen-bond donors (Lipinski definition) is 1. The number of hydrogen-bond acceptors (Lipinski definition) is 6. The third-order valence-electron chi connectivity index (χ3n) is 5.08. The molecule has 1 aromatic heterocycles. The largest absolute Gasteiger partial charge is 0.497 e. The number of nitrogens with zero attached hydrogens (tertiary/aromatic N) is 4. The number of halogens is 1. The van der Waals surface area contributed by atoms with Crippen LogP contribution in [0.2, 0.25) is 0 Å². The molecule has 2 aromatic rings. The first-order valence-electron chi connectivity index (χ1n) is 9.62. The Labute approximate surface area is 171 Å². The number of methoxy groups -OCH3 is 1. The SMILES string of the molecule is COc1ccc(F)c(CN2CCc3nnc([C@H](NS(C)(=O)=O)C(C)C)n3CC2)c1. The van der Waals surface area contributed by atoms with Crippen LogP contribution in [0.4, 0.5) is 4.39 Å². The highest BCUT2D eigenvalue weighted by Gasteiger charge is 2.28. The van der Waals surface area contributed by atoms with Gasteiger partial charge in [-0.15, -0.1) is 10.2 Å².